The van der Waals surface area contributed by atoms with Crippen LogP contribution in [0, 0.1) is 0 Å². The third-order valence-electron chi connectivity index (χ3n) is 6.02. The van der Waals surface area contributed by atoms with Gasteiger partial charge in [-0.2, -0.15) is 0 Å². The first-order valence-electron chi connectivity index (χ1n) is 10.6. The molecule has 160 valence electrons. The third-order valence-corrected chi connectivity index (χ3v) is 11.9. The van der Waals surface area contributed by atoms with Gasteiger partial charge in [-0.3, -0.25) is 19.9 Å². The minimum absolute atomic E-state index is 0.973. The highest BCUT2D eigenvalue weighted by atomic mass is 32.2. The lowest BCUT2D eigenvalue weighted by atomic mass is 10.1. The normalized spacial score (nSPS) is 15.1. The quantitative estimate of drug-likeness (QED) is 0.191. The maximum absolute atomic E-state index is 4.68. The summed E-state index contributed by atoms with van der Waals surface area (Å²) in [5.74, 6) is 0. The molecule has 0 unspecified atom stereocenters. The van der Waals surface area contributed by atoms with Gasteiger partial charge in [-0.15, -0.1) is 0 Å². The van der Waals surface area contributed by atoms with E-state index in [1.807, 2.05) is 96.1 Å². The second-order valence-electron chi connectivity index (χ2n) is 7.90. The number of aromatic nitrogens is 4. The Morgan fingerprint density at radius 1 is 0.382 bits per heavy atom. The number of rotatable bonds is 0. The Balaban J connectivity index is 1.34. The van der Waals surface area contributed by atoms with E-state index in [0.717, 1.165) is 22.1 Å². The van der Waals surface area contributed by atoms with Crippen LogP contribution in [0.15, 0.2) is 101 Å². The fourth-order valence-electron chi connectivity index (χ4n) is 4.58. The molecule has 0 atom stereocenters. The Labute approximate surface area is 211 Å². The number of fused-ring (bicyclic) bond motifs is 12. The summed E-state index contributed by atoms with van der Waals surface area (Å²) in [6.45, 7) is 0. The van der Waals surface area contributed by atoms with E-state index in [0.29, 0.717) is 0 Å². The monoisotopic (exact) mass is 508 g/mol. The van der Waals surface area contributed by atoms with Gasteiger partial charge in [0.1, 0.15) is 0 Å². The van der Waals surface area contributed by atoms with Gasteiger partial charge in [0.2, 0.25) is 0 Å². The van der Waals surface area contributed by atoms with Crippen molar-refractivity contribution >= 4 is 90.7 Å². The van der Waals surface area contributed by atoms with E-state index >= 15 is 0 Å². The molecular formula is C26H12N4S4. The summed E-state index contributed by atoms with van der Waals surface area (Å²) in [6.07, 6.45) is 7.42. The Kier molecular flexibility index (Phi) is 4.22. The number of hydrogen-bond donors (Lipinski definition) is 0. The predicted octanol–water partition coefficient (Wildman–Crippen LogP) is 8.10. The van der Waals surface area contributed by atoms with Gasteiger partial charge in [-0.25, -0.2) is 0 Å². The Bertz CT molecular complexity index is 1610. The van der Waals surface area contributed by atoms with Gasteiger partial charge in [-0.1, -0.05) is 71.3 Å². The van der Waals surface area contributed by atoms with Crippen molar-refractivity contribution in [2.45, 2.75) is 19.6 Å². The van der Waals surface area contributed by atoms with Crippen LogP contribution in [-0.4, -0.2) is 19.9 Å². The van der Waals surface area contributed by atoms with Crippen molar-refractivity contribution in [3.63, 3.8) is 0 Å². The zero-order valence-electron chi connectivity index (χ0n) is 17.4. The smallest absolute Gasteiger partial charge is 0.0976 e. The fraction of sp³-hybridized carbons (Fsp3) is 0. The predicted molar refractivity (Wildman–Crippen MR) is 145 cm³/mol. The van der Waals surface area contributed by atoms with E-state index in [4.69, 9.17) is 0 Å². The molecule has 2 aliphatic heterocycles. The summed E-state index contributed by atoms with van der Waals surface area (Å²) in [5.41, 5.74) is 3.89. The molecule has 4 nitrogen and oxygen atoms in total. The van der Waals surface area contributed by atoms with Gasteiger partial charge in [0.25, 0.3) is 0 Å². The number of hydrogen-bond acceptors (Lipinski definition) is 8. The van der Waals surface area contributed by atoms with E-state index in [1.54, 1.807) is 0 Å². The molecule has 6 heterocycles. The zero-order valence-corrected chi connectivity index (χ0v) is 20.6. The van der Waals surface area contributed by atoms with Gasteiger partial charge in [0.15, 0.2) is 0 Å². The molecule has 8 heteroatoms. The van der Waals surface area contributed by atoms with Crippen LogP contribution in [0.4, 0.5) is 0 Å². The van der Waals surface area contributed by atoms with Crippen LogP contribution in [0.25, 0.3) is 43.6 Å². The van der Waals surface area contributed by atoms with Crippen LogP contribution >= 0.6 is 47.0 Å². The van der Waals surface area contributed by atoms with E-state index in [-0.39, 0.29) is 0 Å². The molecule has 0 saturated carbocycles. The number of benzene rings is 2. The minimum atomic E-state index is 0.973. The molecule has 0 bridgehead atoms. The van der Waals surface area contributed by atoms with Crippen LogP contribution in [0.5, 0.6) is 0 Å². The van der Waals surface area contributed by atoms with E-state index in [2.05, 4.69) is 44.2 Å². The maximum atomic E-state index is 4.68. The molecule has 0 spiro atoms. The van der Waals surface area contributed by atoms with Crippen molar-refractivity contribution < 1.29 is 0 Å². The van der Waals surface area contributed by atoms with Gasteiger partial charge >= 0.3 is 0 Å². The summed E-state index contributed by atoms with van der Waals surface area (Å²) in [4.78, 5) is 23.9. The zero-order chi connectivity index (χ0) is 22.2. The molecule has 0 fully saturated rings. The van der Waals surface area contributed by atoms with E-state index < -0.39 is 0 Å². The van der Waals surface area contributed by atoms with E-state index in [1.165, 1.54) is 49.6 Å². The van der Waals surface area contributed by atoms with Crippen LogP contribution in [0.1, 0.15) is 0 Å². The standard InChI is InChI=1S/C26H12N4S4/c1-5-13-17(27-9-1)18-14(6-2-10-28-18)22-21(13)31-25(32-22)26-33-23-15-7-3-11-29-19(15)20-16(24(23)34-26)8-4-12-30-20/h1-12H. The summed E-state index contributed by atoms with van der Waals surface area (Å²) in [7, 11) is 0. The second kappa shape index (κ2) is 7.36. The van der Waals surface area contributed by atoms with Crippen molar-refractivity contribution in [1.82, 2.24) is 19.9 Å². The number of pyridine rings is 4. The molecule has 0 radical (unpaired) electrons. The van der Waals surface area contributed by atoms with Crippen molar-refractivity contribution in [2.24, 2.45) is 0 Å². The fourth-order valence-corrected chi connectivity index (χ4v) is 10.4. The first kappa shape index (κ1) is 19.5. The summed E-state index contributed by atoms with van der Waals surface area (Å²) >= 11 is 7.44. The largest absolute Gasteiger partial charge is 0.254 e. The first-order valence-corrected chi connectivity index (χ1v) is 13.9. The second-order valence-corrected chi connectivity index (χ2v) is 12.5. The topological polar surface area (TPSA) is 51.6 Å². The van der Waals surface area contributed by atoms with Gasteiger partial charge in [-0.05, 0) is 24.3 Å². The third kappa shape index (κ3) is 2.68. The molecule has 8 rings (SSSR count). The molecule has 2 aromatic carbocycles. The average molecular weight is 509 g/mol. The SMILES string of the molecule is c1cnc2c(c1)c1c(c3cccnc32)SC(=C2Sc3c(c4cccnc4c4ncccc34)S2)S1. The molecular weight excluding hydrogens is 497 g/mol. The lowest BCUT2D eigenvalue weighted by molar-refractivity contribution is 1.30. The van der Waals surface area contributed by atoms with E-state index in [9.17, 15) is 0 Å². The summed E-state index contributed by atoms with van der Waals surface area (Å²) in [6, 6.07) is 16.7. The molecule has 2 aliphatic rings. The summed E-state index contributed by atoms with van der Waals surface area (Å²) in [5, 5.41) is 4.69. The van der Waals surface area contributed by atoms with Crippen molar-refractivity contribution in [3.8, 4) is 0 Å². The molecule has 0 saturated heterocycles. The van der Waals surface area contributed by atoms with Gasteiger partial charge < -0.3 is 0 Å². The minimum Gasteiger partial charge on any atom is -0.254 e. The Morgan fingerprint density at radius 3 is 0.912 bits per heavy atom. The van der Waals surface area contributed by atoms with Crippen LogP contribution < -0.4 is 0 Å². The lowest BCUT2D eigenvalue weighted by Crippen LogP contribution is -1.88. The first-order chi connectivity index (χ1) is 16.9. The van der Waals surface area contributed by atoms with Gasteiger partial charge in [0, 0.05) is 65.9 Å². The number of thioether (sulfide) groups is 4. The number of nitrogens with zero attached hydrogens (tertiary/aromatic N) is 4. The van der Waals surface area contributed by atoms with Gasteiger partial charge in [0.05, 0.1) is 30.5 Å². The lowest BCUT2D eigenvalue weighted by Gasteiger charge is -2.07. The average Bonchev–Trinajstić information content (AvgIpc) is 3.55. The maximum Gasteiger partial charge on any atom is 0.0976 e. The van der Waals surface area contributed by atoms with Crippen LogP contribution in [-0.2, 0) is 0 Å². The van der Waals surface area contributed by atoms with Crippen molar-refractivity contribution in [3.05, 3.63) is 81.8 Å². The molecule has 0 N–H and O–H groups in total. The molecule has 34 heavy (non-hydrogen) atoms. The van der Waals surface area contributed by atoms with Crippen LogP contribution in [0.3, 0.4) is 0 Å². The molecule has 0 amide bonds. The van der Waals surface area contributed by atoms with Crippen LogP contribution in [0.2, 0.25) is 0 Å². The molecule has 0 aliphatic carbocycles. The highest BCUT2D eigenvalue weighted by molar-refractivity contribution is 8.30. The van der Waals surface area contributed by atoms with Crippen molar-refractivity contribution in [1.29, 1.82) is 0 Å². The molecule has 6 aromatic rings. The highest BCUT2D eigenvalue weighted by Gasteiger charge is 2.32. The Morgan fingerprint density at radius 2 is 0.647 bits per heavy atom. The summed E-state index contributed by atoms with van der Waals surface area (Å²) < 4.78 is 2.63. The molecule has 4 aromatic heterocycles. The van der Waals surface area contributed by atoms with Crippen molar-refractivity contribution in [2.75, 3.05) is 0 Å². The Hall–Kier alpha value is -2.78. The highest BCUT2D eigenvalue weighted by Crippen LogP contribution is 2.65.